The third-order valence-corrected chi connectivity index (χ3v) is 15.4. The van der Waals surface area contributed by atoms with E-state index in [4.69, 9.17) is 0 Å². The normalized spacial score (nSPS) is 14.2. The molecular formula is C66H46N2. The largest absolute Gasteiger partial charge is 0.310 e. The quantitative estimate of drug-likeness (QED) is 0.164. The van der Waals surface area contributed by atoms with Crippen LogP contribution in [0.4, 0.5) is 34.1 Å². The third kappa shape index (κ3) is 5.40. The molecule has 0 spiro atoms. The highest BCUT2D eigenvalue weighted by atomic mass is 15.2. The van der Waals surface area contributed by atoms with Crippen molar-refractivity contribution >= 4 is 55.7 Å². The fourth-order valence-corrected chi connectivity index (χ4v) is 12.4. The van der Waals surface area contributed by atoms with Crippen molar-refractivity contribution in [1.29, 1.82) is 0 Å². The standard InChI is InChI=1S/C66H46N2/c1-65(2)59-40-49(32-35-53(59)54-36-34-51(41-60(54)65)68-62-31-17-21-43-20-16-29-56(64(43)62)57-38-44-18-12-13-19-45(44)39-63(57)68)67(48-26-10-5-11-27-48)50-33-37-55-52-28-14-15-30-58(52)66(61(55)42-50,46-22-6-3-7-23-46)47-24-8-4-9-25-47/h3-42H,1-2H3. The fourth-order valence-electron chi connectivity index (χ4n) is 12.4. The number of benzene rings is 11. The fraction of sp³-hybridized carbons (Fsp3) is 0.0606. The summed E-state index contributed by atoms with van der Waals surface area (Å²) in [6.45, 7) is 4.82. The molecular weight excluding hydrogens is 821 g/mol. The van der Waals surface area contributed by atoms with Crippen molar-refractivity contribution in [2.45, 2.75) is 24.7 Å². The van der Waals surface area contributed by atoms with Crippen molar-refractivity contribution in [3.05, 3.63) is 276 Å². The maximum absolute atomic E-state index is 2.51. The zero-order valence-electron chi connectivity index (χ0n) is 38.0. The van der Waals surface area contributed by atoms with Gasteiger partial charge in [-0.25, -0.2) is 0 Å². The van der Waals surface area contributed by atoms with Gasteiger partial charge in [0.2, 0.25) is 0 Å². The summed E-state index contributed by atoms with van der Waals surface area (Å²) in [5, 5.41) is 5.05. The minimum absolute atomic E-state index is 0.277. The second-order valence-corrected chi connectivity index (χ2v) is 19.2. The van der Waals surface area contributed by atoms with Crippen LogP contribution in [0.1, 0.15) is 47.2 Å². The molecule has 2 nitrogen and oxygen atoms in total. The Kier molecular flexibility index (Phi) is 8.28. The van der Waals surface area contributed by atoms with Crippen LogP contribution in [-0.2, 0) is 10.8 Å². The number of nitrogens with zero attached hydrogens (tertiary/aromatic N) is 2. The van der Waals surface area contributed by atoms with Crippen molar-refractivity contribution in [3.63, 3.8) is 0 Å². The molecule has 11 aromatic rings. The SMILES string of the molecule is CC1(C)c2cc(N(c3ccccc3)c3ccc4c(c3)C(c3ccccc3)(c3ccccc3)c3ccccc3-4)ccc2-c2ccc(N3c4cc5ccccc5cc4-c4cccc5cccc3c45)cc21. The summed E-state index contributed by atoms with van der Waals surface area (Å²) < 4.78 is 0. The average molecular weight is 867 g/mol. The van der Waals surface area contributed by atoms with Gasteiger partial charge in [-0.3, -0.25) is 0 Å². The van der Waals surface area contributed by atoms with E-state index in [9.17, 15) is 0 Å². The van der Waals surface area contributed by atoms with Crippen LogP contribution in [0, 0.1) is 0 Å². The number of fused-ring (bicyclic) bond motifs is 9. The molecule has 0 amide bonds. The molecule has 0 unspecified atom stereocenters. The summed E-state index contributed by atoms with van der Waals surface area (Å²) in [4.78, 5) is 4.97. The molecule has 2 aliphatic carbocycles. The molecule has 2 heteroatoms. The van der Waals surface area contributed by atoms with Crippen LogP contribution in [0.15, 0.2) is 243 Å². The number of anilines is 6. The highest BCUT2D eigenvalue weighted by Gasteiger charge is 2.46. The molecule has 320 valence electrons. The molecule has 0 atom stereocenters. The lowest BCUT2D eigenvalue weighted by molar-refractivity contribution is 0.660. The lowest BCUT2D eigenvalue weighted by Gasteiger charge is -2.35. The van der Waals surface area contributed by atoms with Gasteiger partial charge >= 0.3 is 0 Å². The molecule has 11 aromatic carbocycles. The Hall–Kier alpha value is -8.46. The van der Waals surface area contributed by atoms with Gasteiger partial charge in [-0.2, -0.15) is 0 Å². The van der Waals surface area contributed by atoms with E-state index in [0.29, 0.717) is 0 Å². The van der Waals surface area contributed by atoms with Crippen LogP contribution in [-0.4, -0.2) is 0 Å². The predicted octanol–water partition coefficient (Wildman–Crippen LogP) is 17.6. The molecule has 0 aromatic heterocycles. The van der Waals surface area contributed by atoms with Gasteiger partial charge < -0.3 is 9.80 Å². The van der Waals surface area contributed by atoms with Gasteiger partial charge in [0.05, 0.1) is 16.8 Å². The van der Waals surface area contributed by atoms with Gasteiger partial charge in [0.25, 0.3) is 0 Å². The first-order chi connectivity index (χ1) is 33.5. The predicted molar refractivity (Wildman–Crippen MR) is 285 cm³/mol. The Balaban J connectivity index is 0.922. The number of hydrogen-bond acceptors (Lipinski definition) is 2. The first kappa shape index (κ1) is 38.8. The molecule has 0 fully saturated rings. The van der Waals surface area contributed by atoms with Crippen molar-refractivity contribution in [3.8, 4) is 33.4 Å². The molecule has 68 heavy (non-hydrogen) atoms. The average Bonchev–Trinajstić information content (AvgIpc) is 3.81. The van der Waals surface area contributed by atoms with Gasteiger partial charge in [0.15, 0.2) is 0 Å². The minimum Gasteiger partial charge on any atom is -0.310 e. The van der Waals surface area contributed by atoms with Gasteiger partial charge in [0, 0.05) is 39.1 Å². The van der Waals surface area contributed by atoms with Gasteiger partial charge in [0.1, 0.15) is 0 Å². The Labute approximate surface area is 397 Å². The monoisotopic (exact) mass is 866 g/mol. The summed E-state index contributed by atoms with van der Waals surface area (Å²) in [6, 6.07) is 90.6. The van der Waals surface area contributed by atoms with Crippen LogP contribution >= 0.6 is 0 Å². The zero-order chi connectivity index (χ0) is 45.1. The minimum atomic E-state index is -0.498. The van der Waals surface area contributed by atoms with Crippen molar-refractivity contribution < 1.29 is 0 Å². The van der Waals surface area contributed by atoms with Crippen LogP contribution in [0.25, 0.3) is 54.9 Å². The topological polar surface area (TPSA) is 6.48 Å². The Morgan fingerprint density at radius 3 is 1.54 bits per heavy atom. The summed E-state index contributed by atoms with van der Waals surface area (Å²) in [7, 11) is 0. The summed E-state index contributed by atoms with van der Waals surface area (Å²) in [5.41, 5.74) is 21.7. The van der Waals surface area contributed by atoms with E-state index in [-0.39, 0.29) is 5.41 Å². The van der Waals surface area contributed by atoms with Gasteiger partial charge in [-0.05, 0) is 144 Å². The van der Waals surface area contributed by atoms with E-state index in [1.807, 2.05) is 0 Å². The summed E-state index contributed by atoms with van der Waals surface area (Å²) in [5.74, 6) is 0. The molecule has 0 N–H and O–H groups in total. The number of rotatable bonds is 6. The smallest absolute Gasteiger partial charge is 0.0714 e. The molecule has 1 heterocycles. The Morgan fingerprint density at radius 1 is 0.324 bits per heavy atom. The maximum Gasteiger partial charge on any atom is 0.0714 e. The third-order valence-electron chi connectivity index (χ3n) is 15.4. The lowest BCUT2D eigenvalue weighted by atomic mass is 9.67. The first-order valence-corrected chi connectivity index (χ1v) is 23.8. The van der Waals surface area contributed by atoms with E-state index in [1.165, 1.54) is 105 Å². The highest BCUT2D eigenvalue weighted by Crippen LogP contribution is 2.59. The van der Waals surface area contributed by atoms with Gasteiger partial charge in [-0.15, -0.1) is 0 Å². The number of para-hydroxylation sites is 1. The van der Waals surface area contributed by atoms with Crippen LogP contribution in [0.2, 0.25) is 0 Å². The van der Waals surface area contributed by atoms with E-state index >= 15 is 0 Å². The van der Waals surface area contributed by atoms with Crippen LogP contribution in [0.3, 0.4) is 0 Å². The highest BCUT2D eigenvalue weighted by molar-refractivity contribution is 6.15. The van der Waals surface area contributed by atoms with Crippen LogP contribution in [0.5, 0.6) is 0 Å². The number of hydrogen-bond donors (Lipinski definition) is 0. The lowest BCUT2D eigenvalue weighted by Crippen LogP contribution is -2.28. The van der Waals surface area contributed by atoms with Crippen molar-refractivity contribution in [2.75, 3.05) is 9.80 Å². The first-order valence-electron chi connectivity index (χ1n) is 23.8. The molecule has 0 saturated carbocycles. The van der Waals surface area contributed by atoms with Gasteiger partial charge in [-0.1, -0.05) is 190 Å². The zero-order valence-corrected chi connectivity index (χ0v) is 38.0. The Morgan fingerprint density at radius 2 is 0.838 bits per heavy atom. The molecule has 1 aliphatic heterocycles. The molecule has 3 aliphatic rings. The van der Waals surface area contributed by atoms with E-state index < -0.39 is 5.41 Å². The van der Waals surface area contributed by atoms with Crippen molar-refractivity contribution in [2.24, 2.45) is 0 Å². The summed E-state index contributed by atoms with van der Waals surface area (Å²) in [6.07, 6.45) is 0. The molecule has 14 rings (SSSR count). The molecule has 0 radical (unpaired) electrons. The van der Waals surface area contributed by atoms with E-state index in [2.05, 4.69) is 266 Å². The van der Waals surface area contributed by atoms with E-state index in [0.717, 1.165) is 17.1 Å². The summed E-state index contributed by atoms with van der Waals surface area (Å²) >= 11 is 0. The molecule has 0 bridgehead atoms. The van der Waals surface area contributed by atoms with E-state index in [1.54, 1.807) is 0 Å². The Bertz CT molecular complexity index is 3790. The molecule has 0 saturated heterocycles. The maximum atomic E-state index is 2.51. The van der Waals surface area contributed by atoms with Crippen LogP contribution < -0.4 is 9.80 Å². The second kappa shape index (κ2) is 14.5. The van der Waals surface area contributed by atoms with Crippen molar-refractivity contribution in [1.82, 2.24) is 0 Å². The second-order valence-electron chi connectivity index (χ2n) is 19.2.